The molecule has 0 radical (unpaired) electrons. The molecule has 0 amide bonds. The van der Waals surface area contributed by atoms with E-state index in [1.165, 1.54) is 0 Å². The van der Waals surface area contributed by atoms with Gasteiger partial charge in [0.15, 0.2) is 0 Å². The standard InChI is InChI=1S/C3H10O3Si.C3H6O2S/c1-4-7(5-2)6-3;4-3(5)1-2-6/h7H,1-3H3;6H,1-2H2,(H,4,5). The zero-order chi connectivity index (χ0) is 10.7. The Hall–Kier alpha value is -0.0831. The van der Waals surface area contributed by atoms with Crippen molar-refractivity contribution in [1.82, 2.24) is 0 Å². The fourth-order valence-corrected chi connectivity index (χ4v) is 1.15. The maximum Gasteiger partial charge on any atom is 0.483 e. The third kappa shape index (κ3) is 14.7. The second kappa shape index (κ2) is 11.9. The van der Waals surface area contributed by atoms with E-state index in [2.05, 4.69) is 12.6 Å². The number of carbonyl (C=O) groups is 1. The van der Waals surface area contributed by atoms with Crippen LogP contribution in [-0.4, -0.2) is 47.7 Å². The number of rotatable bonds is 5. The van der Waals surface area contributed by atoms with E-state index in [9.17, 15) is 4.79 Å². The number of hydrogen-bond donors (Lipinski definition) is 2. The fourth-order valence-electron chi connectivity index (χ4n) is 0.384. The topological polar surface area (TPSA) is 65.0 Å². The van der Waals surface area contributed by atoms with Gasteiger partial charge in [0.05, 0.1) is 6.42 Å². The zero-order valence-electron chi connectivity index (χ0n) is 8.02. The van der Waals surface area contributed by atoms with E-state index in [1.54, 1.807) is 21.3 Å². The normalized spacial score (nSPS) is 9.31. The van der Waals surface area contributed by atoms with E-state index < -0.39 is 15.5 Å². The number of carboxylic acids is 1. The Labute approximate surface area is 85.4 Å². The van der Waals surface area contributed by atoms with Crippen LogP contribution < -0.4 is 0 Å². The summed E-state index contributed by atoms with van der Waals surface area (Å²) in [4.78, 5) is 9.55. The molecule has 0 saturated carbocycles. The van der Waals surface area contributed by atoms with Crippen molar-refractivity contribution in [1.29, 1.82) is 0 Å². The molecule has 1 N–H and O–H groups in total. The molecular formula is C6H16O5SSi. The first-order valence-corrected chi connectivity index (χ1v) is 5.58. The van der Waals surface area contributed by atoms with Gasteiger partial charge in [-0.05, 0) is 0 Å². The van der Waals surface area contributed by atoms with Crippen molar-refractivity contribution < 1.29 is 23.2 Å². The first-order chi connectivity index (χ1) is 6.12. The van der Waals surface area contributed by atoms with E-state index in [1.807, 2.05) is 0 Å². The minimum atomic E-state index is -1.67. The summed E-state index contributed by atoms with van der Waals surface area (Å²) in [7, 11) is 3.05. The number of aliphatic carboxylic acids is 1. The molecule has 0 bridgehead atoms. The van der Waals surface area contributed by atoms with Gasteiger partial charge in [-0.2, -0.15) is 12.6 Å². The summed E-state index contributed by atoms with van der Waals surface area (Å²) in [5.41, 5.74) is 0. The Morgan fingerprint density at radius 1 is 1.31 bits per heavy atom. The van der Waals surface area contributed by atoms with Crippen molar-refractivity contribution in [3.05, 3.63) is 0 Å². The molecule has 80 valence electrons. The average Bonchev–Trinajstić information content (AvgIpc) is 2.08. The van der Waals surface area contributed by atoms with Gasteiger partial charge in [0.1, 0.15) is 0 Å². The van der Waals surface area contributed by atoms with Crippen LogP contribution in [0.4, 0.5) is 0 Å². The van der Waals surface area contributed by atoms with E-state index in [-0.39, 0.29) is 6.42 Å². The van der Waals surface area contributed by atoms with Gasteiger partial charge in [-0.15, -0.1) is 0 Å². The molecule has 13 heavy (non-hydrogen) atoms. The van der Waals surface area contributed by atoms with Crippen LogP contribution in [-0.2, 0) is 18.1 Å². The molecule has 0 aliphatic heterocycles. The molecular weight excluding hydrogens is 212 g/mol. The fraction of sp³-hybridized carbons (Fsp3) is 0.833. The lowest BCUT2D eigenvalue weighted by Gasteiger charge is -2.05. The molecule has 0 aromatic carbocycles. The lowest BCUT2D eigenvalue weighted by Crippen LogP contribution is -2.21. The molecule has 0 spiro atoms. The van der Waals surface area contributed by atoms with Gasteiger partial charge < -0.3 is 18.4 Å². The zero-order valence-corrected chi connectivity index (χ0v) is 10.1. The van der Waals surface area contributed by atoms with Gasteiger partial charge in [0.25, 0.3) is 0 Å². The van der Waals surface area contributed by atoms with Crippen molar-refractivity contribution in [2.24, 2.45) is 0 Å². The highest BCUT2D eigenvalue weighted by Gasteiger charge is 2.04. The van der Waals surface area contributed by atoms with Gasteiger partial charge in [-0.1, -0.05) is 0 Å². The Morgan fingerprint density at radius 3 is 1.69 bits per heavy atom. The summed E-state index contributed by atoms with van der Waals surface area (Å²) in [6, 6.07) is 0. The first kappa shape index (κ1) is 15.4. The number of carboxylic acid groups (broad SMARTS) is 1. The summed E-state index contributed by atoms with van der Waals surface area (Å²) in [6.45, 7) is 0. The van der Waals surface area contributed by atoms with Crippen LogP contribution in [0.5, 0.6) is 0 Å². The maximum absolute atomic E-state index is 9.55. The van der Waals surface area contributed by atoms with Crippen LogP contribution in [0.2, 0.25) is 0 Å². The SMILES string of the molecule is CO[SiH](OC)OC.O=C(O)CCS. The molecule has 0 aromatic heterocycles. The van der Waals surface area contributed by atoms with Crippen molar-refractivity contribution in [2.45, 2.75) is 6.42 Å². The third-order valence-corrected chi connectivity index (χ3v) is 2.28. The molecule has 0 saturated heterocycles. The van der Waals surface area contributed by atoms with Crippen molar-refractivity contribution in [3.8, 4) is 0 Å². The molecule has 0 fully saturated rings. The van der Waals surface area contributed by atoms with Gasteiger partial charge in [0, 0.05) is 27.1 Å². The highest BCUT2D eigenvalue weighted by Crippen LogP contribution is 1.81. The summed E-state index contributed by atoms with van der Waals surface area (Å²) >= 11 is 3.68. The molecule has 0 atom stereocenters. The van der Waals surface area contributed by atoms with Crippen molar-refractivity contribution in [2.75, 3.05) is 27.1 Å². The molecule has 0 aliphatic rings. The van der Waals surface area contributed by atoms with Gasteiger partial charge in [-0.25, -0.2) is 0 Å². The van der Waals surface area contributed by atoms with E-state index in [0.29, 0.717) is 5.75 Å². The summed E-state index contributed by atoms with van der Waals surface area (Å²) in [5.74, 6) is -0.361. The quantitative estimate of drug-likeness (QED) is 0.513. The minimum absolute atomic E-state index is 0.156. The predicted molar refractivity (Wildman–Crippen MR) is 54.3 cm³/mol. The molecule has 0 aromatic rings. The Morgan fingerprint density at radius 2 is 1.69 bits per heavy atom. The van der Waals surface area contributed by atoms with Crippen LogP contribution in [0, 0.1) is 0 Å². The van der Waals surface area contributed by atoms with Crippen LogP contribution >= 0.6 is 12.6 Å². The molecule has 0 aliphatic carbocycles. The molecule has 7 heteroatoms. The number of hydrogen-bond acceptors (Lipinski definition) is 5. The Balaban J connectivity index is 0. The van der Waals surface area contributed by atoms with Crippen LogP contribution in [0.3, 0.4) is 0 Å². The predicted octanol–water partition coefficient (Wildman–Crippen LogP) is 0.0337. The van der Waals surface area contributed by atoms with E-state index in [4.69, 9.17) is 18.4 Å². The molecule has 0 rings (SSSR count). The van der Waals surface area contributed by atoms with Crippen molar-refractivity contribution in [3.63, 3.8) is 0 Å². The Kier molecular flexibility index (Phi) is 14.1. The van der Waals surface area contributed by atoms with E-state index >= 15 is 0 Å². The summed E-state index contributed by atoms with van der Waals surface area (Å²) < 4.78 is 14.2. The van der Waals surface area contributed by atoms with Crippen LogP contribution in [0.1, 0.15) is 6.42 Å². The maximum atomic E-state index is 9.55. The lowest BCUT2D eigenvalue weighted by atomic mass is 10.5. The van der Waals surface area contributed by atoms with E-state index in [0.717, 1.165) is 0 Å². The van der Waals surface area contributed by atoms with Crippen molar-refractivity contribution >= 4 is 28.1 Å². The summed E-state index contributed by atoms with van der Waals surface area (Å²) in [6.07, 6.45) is 0.156. The molecule has 5 nitrogen and oxygen atoms in total. The largest absolute Gasteiger partial charge is 0.483 e. The van der Waals surface area contributed by atoms with Gasteiger partial charge in [0.2, 0.25) is 0 Å². The monoisotopic (exact) mass is 228 g/mol. The highest BCUT2D eigenvalue weighted by molar-refractivity contribution is 7.80. The summed E-state index contributed by atoms with van der Waals surface area (Å²) in [5, 5.41) is 7.86. The second-order valence-electron chi connectivity index (χ2n) is 1.86. The molecule has 0 heterocycles. The molecule has 0 unspecified atom stereocenters. The highest BCUT2D eigenvalue weighted by atomic mass is 32.1. The minimum Gasteiger partial charge on any atom is -0.481 e. The van der Waals surface area contributed by atoms with Crippen LogP contribution in [0.25, 0.3) is 0 Å². The average molecular weight is 228 g/mol. The Bertz CT molecular complexity index is 114. The van der Waals surface area contributed by atoms with Crippen LogP contribution in [0.15, 0.2) is 0 Å². The van der Waals surface area contributed by atoms with Gasteiger partial charge in [-0.3, -0.25) is 4.79 Å². The second-order valence-corrected chi connectivity index (χ2v) is 4.30. The third-order valence-electron chi connectivity index (χ3n) is 0.903. The lowest BCUT2D eigenvalue weighted by molar-refractivity contribution is -0.136. The van der Waals surface area contributed by atoms with Gasteiger partial charge >= 0.3 is 15.5 Å². The smallest absolute Gasteiger partial charge is 0.481 e. The first-order valence-electron chi connectivity index (χ1n) is 3.53. The number of thiol groups is 1.